The van der Waals surface area contributed by atoms with Crippen molar-refractivity contribution in [1.82, 2.24) is 9.55 Å². The minimum Gasteiger partial charge on any atom is -0.390 e. The van der Waals surface area contributed by atoms with Gasteiger partial charge in [-0.25, -0.2) is 4.98 Å². The SMILES string of the molecule is C#CCSc1ncc(CO)n1CCCC. The first-order valence-corrected chi connectivity index (χ1v) is 6.03. The molecule has 0 aliphatic heterocycles. The van der Waals surface area contributed by atoms with Gasteiger partial charge < -0.3 is 9.67 Å². The van der Waals surface area contributed by atoms with E-state index in [-0.39, 0.29) is 6.61 Å². The minimum atomic E-state index is 0.0350. The number of aromatic nitrogens is 2. The highest BCUT2D eigenvalue weighted by Crippen LogP contribution is 2.18. The summed E-state index contributed by atoms with van der Waals surface area (Å²) in [5.74, 6) is 3.19. The van der Waals surface area contributed by atoms with Gasteiger partial charge in [0.15, 0.2) is 5.16 Å². The first-order chi connectivity index (χ1) is 7.33. The van der Waals surface area contributed by atoms with Gasteiger partial charge in [-0.2, -0.15) is 0 Å². The number of thioether (sulfide) groups is 1. The predicted octanol–water partition coefficient (Wildman–Crippen LogP) is 1.90. The summed E-state index contributed by atoms with van der Waals surface area (Å²) in [6.45, 7) is 3.08. The van der Waals surface area contributed by atoms with Crippen LogP contribution >= 0.6 is 11.8 Å². The number of terminal acetylenes is 1. The molecule has 1 heterocycles. The molecule has 4 heteroatoms. The number of hydrogen-bond donors (Lipinski definition) is 1. The molecule has 0 bridgehead atoms. The molecule has 0 fully saturated rings. The molecule has 0 aromatic carbocycles. The van der Waals surface area contributed by atoms with Gasteiger partial charge in [-0.05, 0) is 6.42 Å². The molecule has 0 atom stereocenters. The van der Waals surface area contributed by atoms with Crippen molar-refractivity contribution < 1.29 is 5.11 Å². The fourth-order valence-electron chi connectivity index (χ4n) is 1.30. The number of unbranched alkanes of at least 4 members (excludes halogenated alkanes) is 1. The summed E-state index contributed by atoms with van der Waals surface area (Å²) >= 11 is 1.54. The Morgan fingerprint density at radius 3 is 3.07 bits per heavy atom. The summed E-state index contributed by atoms with van der Waals surface area (Å²) in [7, 11) is 0. The van der Waals surface area contributed by atoms with Crippen LogP contribution in [0, 0.1) is 12.3 Å². The second-order valence-electron chi connectivity index (χ2n) is 3.19. The molecular formula is C11H16N2OS. The van der Waals surface area contributed by atoms with Crippen LogP contribution in [0.15, 0.2) is 11.4 Å². The zero-order valence-electron chi connectivity index (χ0n) is 8.94. The monoisotopic (exact) mass is 224 g/mol. The number of aliphatic hydroxyl groups is 1. The van der Waals surface area contributed by atoms with Gasteiger partial charge in [-0.15, -0.1) is 6.42 Å². The van der Waals surface area contributed by atoms with Crippen molar-refractivity contribution in [2.24, 2.45) is 0 Å². The van der Waals surface area contributed by atoms with Gasteiger partial charge in [0.2, 0.25) is 0 Å². The van der Waals surface area contributed by atoms with Crippen LogP contribution < -0.4 is 0 Å². The van der Waals surface area contributed by atoms with E-state index in [9.17, 15) is 0 Å². The fraction of sp³-hybridized carbons (Fsp3) is 0.545. The van der Waals surface area contributed by atoms with Crippen molar-refractivity contribution in [1.29, 1.82) is 0 Å². The van der Waals surface area contributed by atoms with Crippen LogP contribution in [-0.2, 0) is 13.2 Å². The van der Waals surface area contributed by atoms with Gasteiger partial charge in [0.1, 0.15) is 0 Å². The maximum Gasteiger partial charge on any atom is 0.169 e. The van der Waals surface area contributed by atoms with E-state index in [1.165, 1.54) is 11.8 Å². The molecule has 3 nitrogen and oxygen atoms in total. The van der Waals surface area contributed by atoms with Crippen LogP contribution in [0.5, 0.6) is 0 Å². The van der Waals surface area contributed by atoms with Gasteiger partial charge in [0.05, 0.1) is 24.3 Å². The first-order valence-electron chi connectivity index (χ1n) is 5.05. The Hall–Kier alpha value is -0.920. The highest BCUT2D eigenvalue weighted by molar-refractivity contribution is 7.99. The van der Waals surface area contributed by atoms with Crippen molar-refractivity contribution in [2.45, 2.75) is 38.1 Å². The van der Waals surface area contributed by atoms with Crippen molar-refractivity contribution in [3.05, 3.63) is 11.9 Å². The Labute approximate surface area is 94.9 Å². The van der Waals surface area contributed by atoms with Crippen LogP contribution in [-0.4, -0.2) is 20.4 Å². The molecule has 15 heavy (non-hydrogen) atoms. The average Bonchev–Trinajstić information content (AvgIpc) is 2.65. The van der Waals surface area contributed by atoms with E-state index in [0.717, 1.165) is 30.2 Å². The van der Waals surface area contributed by atoms with E-state index in [0.29, 0.717) is 5.75 Å². The lowest BCUT2D eigenvalue weighted by molar-refractivity contribution is 0.268. The Kier molecular flexibility index (Phi) is 5.30. The summed E-state index contributed by atoms with van der Waals surface area (Å²) < 4.78 is 2.05. The molecule has 82 valence electrons. The molecule has 1 rings (SSSR count). The van der Waals surface area contributed by atoms with E-state index in [1.807, 2.05) is 4.57 Å². The summed E-state index contributed by atoms with van der Waals surface area (Å²) in [4.78, 5) is 4.25. The number of imidazole rings is 1. The summed E-state index contributed by atoms with van der Waals surface area (Å²) in [5.41, 5.74) is 0.864. The highest BCUT2D eigenvalue weighted by atomic mass is 32.2. The number of nitrogens with zero attached hydrogens (tertiary/aromatic N) is 2. The van der Waals surface area contributed by atoms with Crippen molar-refractivity contribution in [3.8, 4) is 12.3 Å². The van der Waals surface area contributed by atoms with E-state index in [1.54, 1.807) is 6.20 Å². The molecular weight excluding hydrogens is 208 g/mol. The lowest BCUT2D eigenvalue weighted by Gasteiger charge is -2.08. The third kappa shape index (κ3) is 3.29. The van der Waals surface area contributed by atoms with E-state index >= 15 is 0 Å². The molecule has 1 N–H and O–H groups in total. The molecule has 1 aromatic heterocycles. The van der Waals surface area contributed by atoms with Crippen LogP contribution in [0.25, 0.3) is 0 Å². The van der Waals surface area contributed by atoms with E-state index in [2.05, 4.69) is 17.8 Å². The maximum atomic E-state index is 9.15. The molecule has 0 aliphatic carbocycles. The third-order valence-corrected chi connectivity index (χ3v) is 2.98. The molecule has 0 aliphatic rings. The van der Waals surface area contributed by atoms with Crippen LogP contribution in [0.2, 0.25) is 0 Å². The molecule has 0 unspecified atom stereocenters. The van der Waals surface area contributed by atoms with E-state index in [4.69, 9.17) is 11.5 Å². The van der Waals surface area contributed by atoms with Gasteiger partial charge in [0.25, 0.3) is 0 Å². The lowest BCUT2D eigenvalue weighted by Crippen LogP contribution is -2.04. The number of aliphatic hydroxyl groups excluding tert-OH is 1. The van der Waals surface area contributed by atoms with Crippen LogP contribution in [0.3, 0.4) is 0 Å². The molecule has 1 aromatic rings. The van der Waals surface area contributed by atoms with Crippen LogP contribution in [0.1, 0.15) is 25.5 Å². The van der Waals surface area contributed by atoms with Gasteiger partial charge in [-0.1, -0.05) is 31.0 Å². The second kappa shape index (κ2) is 6.54. The predicted molar refractivity (Wildman–Crippen MR) is 62.6 cm³/mol. The van der Waals surface area contributed by atoms with Crippen molar-refractivity contribution >= 4 is 11.8 Å². The highest BCUT2D eigenvalue weighted by Gasteiger charge is 2.08. The Balaban J connectivity index is 2.76. The standard InChI is InChI=1S/C11H16N2OS/c1-3-5-6-13-10(9-14)8-12-11(13)15-7-4-2/h2,8,14H,3,5-7,9H2,1H3. The minimum absolute atomic E-state index is 0.0350. The Bertz CT molecular complexity index is 341. The summed E-state index contributed by atoms with van der Waals surface area (Å²) in [6, 6.07) is 0. The fourth-order valence-corrected chi connectivity index (χ4v) is 2.00. The topological polar surface area (TPSA) is 38.1 Å². The van der Waals surface area contributed by atoms with E-state index < -0.39 is 0 Å². The smallest absolute Gasteiger partial charge is 0.169 e. The van der Waals surface area contributed by atoms with Crippen LogP contribution in [0.4, 0.5) is 0 Å². The van der Waals surface area contributed by atoms with Crippen molar-refractivity contribution in [2.75, 3.05) is 5.75 Å². The third-order valence-electron chi connectivity index (χ3n) is 2.08. The normalized spacial score (nSPS) is 10.2. The molecule has 0 saturated carbocycles. The molecule has 0 amide bonds. The first kappa shape index (κ1) is 12.2. The second-order valence-corrected chi connectivity index (χ2v) is 4.13. The Morgan fingerprint density at radius 2 is 2.47 bits per heavy atom. The van der Waals surface area contributed by atoms with Gasteiger partial charge in [0, 0.05) is 6.54 Å². The van der Waals surface area contributed by atoms with Gasteiger partial charge in [-0.3, -0.25) is 0 Å². The lowest BCUT2D eigenvalue weighted by atomic mass is 10.3. The number of rotatable bonds is 6. The largest absolute Gasteiger partial charge is 0.390 e. The summed E-state index contributed by atoms with van der Waals surface area (Å²) in [5, 5.41) is 10.1. The maximum absolute atomic E-state index is 9.15. The van der Waals surface area contributed by atoms with Gasteiger partial charge >= 0.3 is 0 Å². The van der Waals surface area contributed by atoms with Crippen molar-refractivity contribution in [3.63, 3.8) is 0 Å². The Morgan fingerprint density at radius 1 is 1.67 bits per heavy atom. The number of hydrogen-bond acceptors (Lipinski definition) is 3. The quantitative estimate of drug-likeness (QED) is 0.592. The average molecular weight is 224 g/mol. The molecule has 0 spiro atoms. The molecule has 0 radical (unpaired) electrons. The molecule has 0 saturated heterocycles. The zero-order valence-corrected chi connectivity index (χ0v) is 9.76. The summed E-state index contributed by atoms with van der Waals surface area (Å²) in [6.07, 6.45) is 9.14. The zero-order chi connectivity index (χ0) is 11.1.